The third kappa shape index (κ3) is 3.99. The molecule has 1 aromatic carbocycles. The lowest BCUT2D eigenvalue weighted by Crippen LogP contribution is -2.40. The van der Waals surface area contributed by atoms with Crippen molar-refractivity contribution in [2.45, 2.75) is 43.9 Å². The molecule has 1 fully saturated rings. The molecule has 3 heterocycles. The van der Waals surface area contributed by atoms with Gasteiger partial charge in [-0.2, -0.15) is 17.5 Å². The highest BCUT2D eigenvalue weighted by Crippen LogP contribution is 2.31. The molecule has 3 aromatic heterocycles. The Morgan fingerprint density at radius 1 is 1.06 bits per heavy atom. The fourth-order valence-electron chi connectivity index (χ4n) is 4.12. The Labute approximate surface area is 185 Å². The number of anilines is 1. The van der Waals surface area contributed by atoms with Gasteiger partial charge in [0, 0.05) is 29.9 Å². The van der Waals surface area contributed by atoms with Crippen LogP contribution in [0.2, 0.25) is 0 Å². The molecule has 0 spiro atoms. The summed E-state index contributed by atoms with van der Waals surface area (Å²) in [5, 5.41) is 4.28. The first-order chi connectivity index (χ1) is 15.4. The van der Waals surface area contributed by atoms with Gasteiger partial charge in [0.1, 0.15) is 16.2 Å². The minimum absolute atomic E-state index is 0.0228. The van der Waals surface area contributed by atoms with Crippen LogP contribution >= 0.6 is 11.5 Å². The van der Waals surface area contributed by atoms with Crippen LogP contribution in [0.5, 0.6) is 0 Å². The molecule has 0 bridgehead atoms. The van der Waals surface area contributed by atoms with Crippen molar-refractivity contribution >= 4 is 38.8 Å². The van der Waals surface area contributed by atoms with E-state index in [1.165, 1.54) is 15.9 Å². The van der Waals surface area contributed by atoms with Gasteiger partial charge in [-0.3, -0.25) is 4.40 Å². The van der Waals surface area contributed by atoms with Crippen LogP contribution in [0.25, 0.3) is 15.7 Å². The maximum absolute atomic E-state index is 13.0. The van der Waals surface area contributed by atoms with Crippen molar-refractivity contribution in [2.75, 3.05) is 5.32 Å². The summed E-state index contributed by atoms with van der Waals surface area (Å²) in [6.07, 6.45) is 1.38. The van der Waals surface area contributed by atoms with Gasteiger partial charge in [0.25, 0.3) is 0 Å². The zero-order valence-corrected chi connectivity index (χ0v) is 17.7. The molecular weight excluding hydrogens is 441 g/mol. The van der Waals surface area contributed by atoms with E-state index < -0.39 is 11.9 Å². The van der Waals surface area contributed by atoms with Gasteiger partial charge in [-0.15, -0.1) is 5.43 Å². The third-order valence-corrected chi connectivity index (χ3v) is 6.58. The molecule has 5 rings (SSSR count). The summed E-state index contributed by atoms with van der Waals surface area (Å²) in [5.74, 6) is 0.573. The number of alkyl halides is 3. The molecule has 1 aliphatic carbocycles. The van der Waals surface area contributed by atoms with Gasteiger partial charge in [-0.25, -0.2) is 4.98 Å². The lowest BCUT2D eigenvalue weighted by atomic mass is 9.91. The van der Waals surface area contributed by atoms with Crippen LogP contribution in [-0.4, -0.2) is 30.7 Å². The smallest absolute Gasteiger partial charge is 0.368 e. The summed E-state index contributed by atoms with van der Waals surface area (Å²) < 4.78 is 45.5. The standard InChI is InChI=1S/C21H20F3N6OS/c22-21(23,24)17-12-29-18(5-2-6-19(29)27-17)26-14-7-9-15(10-8-14)28-30(31)16-4-1-3-13-11-25-32-20(13)16/h1-6,11-12,14-15,26H,7-10H2,(H,28,31)/q+1. The van der Waals surface area contributed by atoms with Crippen LogP contribution in [0.4, 0.5) is 24.7 Å². The van der Waals surface area contributed by atoms with Crippen molar-refractivity contribution in [1.82, 2.24) is 19.2 Å². The largest absolute Gasteiger partial charge is 0.434 e. The number of rotatable bonds is 5. The maximum atomic E-state index is 13.0. The normalized spacial score (nSPS) is 19.3. The van der Waals surface area contributed by atoms with Crippen molar-refractivity contribution < 1.29 is 18.0 Å². The molecule has 32 heavy (non-hydrogen) atoms. The summed E-state index contributed by atoms with van der Waals surface area (Å²) in [7, 11) is 0. The molecule has 0 amide bonds. The number of halogens is 3. The SMILES string of the molecule is O=[N+](NC1CCC(Nc2cccc3nc(C(F)(F)F)cn23)CC1)c1cccc2cnsc12. The lowest BCUT2D eigenvalue weighted by Gasteiger charge is -2.28. The highest BCUT2D eigenvalue weighted by atomic mass is 32.1. The summed E-state index contributed by atoms with van der Waals surface area (Å²) in [6.45, 7) is 0. The molecule has 0 saturated heterocycles. The first kappa shape index (κ1) is 20.7. The number of pyridine rings is 1. The number of aromatic nitrogens is 3. The molecule has 0 unspecified atom stereocenters. The quantitative estimate of drug-likeness (QED) is 0.312. The highest BCUT2D eigenvalue weighted by Gasteiger charge is 2.34. The number of benzene rings is 1. The predicted octanol–water partition coefficient (Wildman–Crippen LogP) is 5.30. The zero-order chi connectivity index (χ0) is 22.3. The molecule has 166 valence electrons. The first-order valence-corrected chi connectivity index (χ1v) is 11.0. The van der Waals surface area contributed by atoms with E-state index >= 15 is 0 Å². The van der Waals surface area contributed by atoms with Crippen LogP contribution in [0, 0.1) is 4.91 Å². The van der Waals surface area contributed by atoms with Crippen LogP contribution in [-0.2, 0) is 6.18 Å². The van der Waals surface area contributed by atoms with E-state index in [9.17, 15) is 18.1 Å². The van der Waals surface area contributed by atoms with Gasteiger partial charge in [0.15, 0.2) is 10.6 Å². The average molecular weight is 461 g/mol. The molecular formula is C21H20F3N6OS+. The van der Waals surface area contributed by atoms with Crippen molar-refractivity contribution in [2.24, 2.45) is 0 Å². The number of nitroso groups, excluding NO2 is 1. The van der Waals surface area contributed by atoms with Gasteiger partial charge < -0.3 is 5.32 Å². The van der Waals surface area contributed by atoms with Gasteiger partial charge in [-0.1, -0.05) is 18.2 Å². The van der Waals surface area contributed by atoms with Crippen LogP contribution in [0.1, 0.15) is 31.4 Å². The Morgan fingerprint density at radius 3 is 2.59 bits per heavy atom. The fourth-order valence-corrected chi connectivity index (χ4v) is 4.86. The molecule has 11 heteroatoms. The van der Waals surface area contributed by atoms with Gasteiger partial charge in [0.05, 0.1) is 10.9 Å². The van der Waals surface area contributed by atoms with E-state index in [1.807, 2.05) is 12.1 Å². The van der Waals surface area contributed by atoms with Gasteiger partial charge in [0.2, 0.25) is 0 Å². The number of hydrogen-bond donors (Lipinski definition) is 2. The van der Waals surface area contributed by atoms with Crippen LogP contribution in [0.15, 0.2) is 48.8 Å². The maximum Gasteiger partial charge on any atom is 0.434 e. The molecule has 0 aliphatic heterocycles. The Balaban J connectivity index is 1.22. The Morgan fingerprint density at radius 2 is 1.81 bits per heavy atom. The summed E-state index contributed by atoms with van der Waals surface area (Å²) in [5.41, 5.74) is 2.93. The summed E-state index contributed by atoms with van der Waals surface area (Å²) >= 11 is 1.29. The van der Waals surface area contributed by atoms with Crippen LogP contribution in [0.3, 0.4) is 0 Å². The number of hydrazine groups is 1. The Bertz CT molecular complexity index is 1280. The lowest BCUT2D eigenvalue weighted by molar-refractivity contribution is -0.534. The van der Waals surface area contributed by atoms with Crippen molar-refractivity contribution in [3.63, 3.8) is 0 Å². The fraction of sp³-hybridized carbons (Fsp3) is 0.333. The molecule has 2 N–H and O–H groups in total. The van der Waals surface area contributed by atoms with Gasteiger partial charge in [-0.05, 0) is 49.3 Å². The van der Waals surface area contributed by atoms with E-state index in [-0.39, 0.29) is 17.7 Å². The monoisotopic (exact) mass is 461 g/mol. The zero-order valence-electron chi connectivity index (χ0n) is 16.8. The van der Waals surface area contributed by atoms with E-state index in [1.54, 1.807) is 30.5 Å². The minimum Gasteiger partial charge on any atom is -0.368 e. The van der Waals surface area contributed by atoms with Crippen molar-refractivity contribution in [3.05, 3.63) is 59.4 Å². The van der Waals surface area contributed by atoms with E-state index in [0.717, 1.165) is 46.8 Å². The van der Waals surface area contributed by atoms with Gasteiger partial charge >= 0.3 is 11.9 Å². The van der Waals surface area contributed by atoms with E-state index in [2.05, 4.69) is 20.1 Å². The molecule has 1 aliphatic rings. The molecule has 4 aromatic rings. The number of hydrogen-bond acceptors (Lipinski definition) is 5. The minimum atomic E-state index is -4.49. The first-order valence-electron chi connectivity index (χ1n) is 10.3. The highest BCUT2D eigenvalue weighted by molar-refractivity contribution is 7.13. The second-order valence-electron chi connectivity index (χ2n) is 7.90. The van der Waals surface area contributed by atoms with E-state index in [0.29, 0.717) is 11.5 Å². The Kier molecular flexibility index (Phi) is 5.20. The summed E-state index contributed by atoms with van der Waals surface area (Å²) in [4.78, 5) is 17.2. The second kappa shape index (κ2) is 8.05. The molecule has 1 saturated carbocycles. The number of fused-ring (bicyclic) bond motifs is 2. The number of nitrogens with one attached hydrogen (secondary N) is 2. The topological polar surface area (TPSA) is 74.3 Å². The number of nitrogens with zero attached hydrogens (tertiary/aromatic N) is 4. The Hall–Kier alpha value is -3.21. The molecule has 0 radical (unpaired) electrons. The van der Waals surface area contributed by atoms with Crippen molar-refractivity contribution in [1.29, 1.82) is 0 Å². The number of imidazole rings is 1. The summed E-state index contributed by atoms with van der Waals surface area (Å²) in [6, 6.07) is 10.6. The third-order valence-electron chi connectivity index (χ3n) is 5.74. The molecule has 7 nitrogen and oxygen atoms in total. The second-order valence-corrected chi connectivity index (χ2v) is 8.70. The van der Waals surface area contributed by atoms with Crippen LogP contribution < -0.4 is 10.7 Å². The average Bonchev–Trinajstić information content (AvgIpc) is 3.42. The van der Waals surface area contributed by atoms with Crippen molar-refractivity contribution in [3.8, 4) is 0 Å². The van der Waals surface area contributed by atoms with E-state index in [4.69, 9.17) is 0 Å². The predicted molar refractivity (Wildman–Crippen MR) is 116 cm³/mol. The molecule has 0 atom stereocenters.